The molecule has 2 N–H and O–H groups in total. The number of anilines is 1. The highest BCUT2D eigenvalue weighted by atomic mass is 16.5. The second kappa shape index (κ2) is 9.07. The van der Waals surface area contributed by atoms with Crippen LogP contribution in [0.1, 0.15) is 43.6 Å². The number of carbonyl (C=O) groups excluding carboxylic acids is 1. The monoisotopic (exact) mass is 371 g/mol. The van der Waals surface area contributed by atoms with Crippen LogP contribution in [0.2, 0.25) is 0 Å². The molecular formula is C21H25NO5. The number of hydrogen-bond acceptors (Lipinski definition) is 4. The molecule has 0 radical (unpaired) electrons. The highest BCUT2D eigenvalue weighted by Crippen LogP contribution is 2.28. The van der Waals surface area contributed by atoms with Crippen molar-refractivity contribution in [3.63, 3.8) is 0 Å². The average molecular weight is 371 g/mol. The fourth-order valence-corrected chi connectivity index (χ4v) is 2.50. The maximum Gasteiger partial charge on any atom is 0.335 e. The van der Waals surface area contributed by atoms with E-state index in [1.165, 1.54) is 12.1 Å². The van der Waals surface area contributed by atoms with Gasteiger partial charge in [0, 0.05) is 5.56 Å². The first-order valence-electron chi connectivity index (χ1n) is 8.84. The SMILES string of the molecule is CC(C)Oc1ccccc1CC(=O)Nc1cc(C(=O)O)ccc1OC(C)C. The number of aromatic carboxylic acids is 1. The third-order valence-corrected chi connectivity index (χ3v) is 3.55. The lowest BCUT2D eigenvalue weighted by molar-refractivity contribution is -0.115. The number of benzene rings is 2. The number of carboxylic acids is 1. The number of hydrogen-bond donors (Lipinski definition) is 2. The van der Waals surface area contributed by atoms with E-state index in [1.54, 1.807) is 6.07 Å². The van der Waals surface area contributed by atoms with Crippen LogP contribution in [-0.2, 0) is 11.2 Å². The third-order valence-electron chi connectivity index (χ3n) is 3.55. The Labute approximate surface area is 159 Å². The van der Waals surface area contributed by atoms with E-state index in [4.69, 9.17) is 9.47 Å². The Morgan fingerprint density at radius 2 is 1.59 bits per heavy atom. The lowest BCUT2D eigenvalue weighted by atomic mass is 10.1. The first kappa shape index (κ1) is 20.3. The second-order valence-electron chi connectivity index (χ2n) is 6.68. The van der Waals surface area contributed by atoms with Crippen molar-refractivity contribution < 1.29 is 24.2 Å². The topological polar surface area (TPSA) is 84.9 Å². The molecule has 2 rings (SSSR count). The molecule has 0 unspecified atom stereocenters. The molecule has 0 aromatic heterocycles. The molecule has 0 spiro atoms. The van der Waals surface area contributed by atoms with Crippen LogP contribution >= 0.6 is 0 Å². The summed E-state index contributed by atoms with van der Waals surface area (Å²) in [5, 5.41) is 12.0. The van der Waals surface area contributed by atoms with Crippen LogP contribution < -0.4 is 14.8 Å². The summed E-state index contributed by atoms with van der Waals surface area (Å²) in [7, 11) is 0. The van der Waals surface area contributed by atoms with E-state index in [0.29, 0.717) is 17.2 Å². The van der Waals surface area contributed by atoms with Gasteiger partial charge in [0.25, 0.3) is 0 Å². The minimum absolute atomic E-state index is 0.00694. The normalized spacial score (nSPS) is 10.7. The van der Waals surface area contributed by atoms with Crippen molar-refractivity contribution in [2.24, 2.45) is 0 Å². The Morgan fingerprint density at radius 1 is 0.963 bits per heavy atom. The van der Waals surface area contributed by atoms with Gasteiger partial charge >= 0.3 is 5.97 Å². The van der Waals surface area contributed by atoms with Gasteiger partial charge in [-0.05, 0) is 52.0 Å². The van der Waals surface area contributed by atoms with Gasteiger partial charge in [-0.2, -0.15) is 0 Å². The average Bonchev–Trinajstić information content (AvgIpc) is 2.57. The van der Waals surface area contributed by atoms with Gasteiger partial charge in [0.15, 0.2) is 0 Å². The van der Waals surface area contributed by atoms with E-state index >= 15 is 0 Å². The van der Waals surface area contributed by atoms with Crippen LogP contribution in [0.15, 0.2) is 42.5 Å². The molecule has 0 atom stereocenters. The molecule has 0 bridgehead atoms. The Morgan fingerprint density at radius 3 is 2.22 bits per heavy atom. The van der Waals surface area contributed by atoms with Gasteiger partial charge in [0.05, 0.1) is 29.9 Å². The summed E-state index contributed by atoms with van der Waals surface area (Å²) in [6.07, 6.45) is -0.0228. The maximum atomic E-state index is 12.6. The minimum atomic E-state index is -1.07. The molecule has 0 heterocycles. The van der Waals surface area contributed by atoms with Gasteiger partial charge in [0.2, 0.25) is 5.91 Å². The molecule has 2 aromatic carbocycles. The zero-order valence-corrected chi connectivity index (χ0v) is 16.0. The maximum absolute atomic E-state index is 12.6. The summed E-state index contributed by atoms with van der Waals surface area (Å²) in [5.74, 6) is -0.279. The standard InChI is InChI=1S/C21H25NO5/c1-13(2)26-18-8-6-5-7-15(18)12-20(23)22-17-11-16(21(24)25)9-10-19(17)27-14(3)4/h5-11,13-14H,12H2,1-4H3,(H,22,23)(H,24,25). The molecule has 6 nitrogen and oxygen atoms in total. The van der Waals surface area contributed by atoms with E-state index in [1.807, 2.05) is 52.0 Å². The fourth-order valence-electron chi connectivity index (χ4n) is 2.50. The molecule has 0 aliphatic carbocycles. The van der Waals surface area contributed by atoms with Gasteiger partial charge in [-0.15, -0.1) is 0 Å². The molecule has 0 saturated carbocycles. The summed E-state index contributed by atoms with van der Waals surface area (Å²) in [4.78, 5) is 23.8. The van der Waals surface area contributed by atoms with E-state index in [-0.39, 0.29) is 30.1 Å². The third kappa shape index (κ3) is 6.02. The number of carboxylic acid groups (broad SMARTS) is 1. The van der Waals surface area contributed by atoms with Crippen molar-refractivity contribution >= 4 is 17.6 Å². The Kier molecular flexibility index (Phi) is 6.82. The Hall–Kier alpha value is -3.02. The molecule has 0 aliphatic rings. The van der Waals surface area contributed by atoms with Gasteiger partial charge < -0.3 is 19.9 Å². The molecule has 2 aromatic rings. The van der Waals surface area contributed by atoms with E-state index in [0.717, 1.165) is 5.56 Å². The van der Waals surface area contributed by atoms with Crippen LogP contribution in [0.5, 0.6) is 11.5 Å². The first-order valence-corrected chi connectivity index (χ1v) is 8.84. The molecule has 0 aliphatic heterocycles. The molecule has 0 saturated heterocycles. The summed E-state index contributed by atoms with van der Waals surface area (Å²) >= 11 is 0. The van der Waals surface area contributed by atoms with Crippen molar-refractivity contribution in [1.29, 1.82) is 0 Å². The highest BCUT2D eigenvalue weighted by Gasteiger charge is 2.15. The van der Waals surface area contributed by atoms with Crippen LogP contribution in [0.4, 0.5) is 5.69 Å². The van der Waals surface area contributed by atoms with Gasteiger partial charge in [0.1, 0.15) is 11.5 Å². The quantitative estimate of drug-likeness (QED) is 0.728. The van der Waals surface area contributed by atoms with E-state index < -0.39 is 5.97 Å². The van der Waals surface area contributed by atoms with Crippen molar-refractivity contribution in [3.05, 3.63) is 53.6 Å². The summed E-state index contributed by atoms with van der Waals surface area (Å²) in [6.45, 7) is 7.56. The first-order chi connectivity index (χ1) is 12.8. The molecule has 0 fully saturated rings. The number of carbonyl (C=O) groups is 2. The van der Waals surface area contributed by atoms with Gasteiger partial charge in [-0.3, -0.25) is 4.79 Å². The van der Waals surface area contributed by atoms with Crippen LogP contribution in [0.3, 0.4) is 0 Å². The minimum Gasteiger partial charge on any atom is -0.491 e. The predicted octanol–water partition coefficient (Wildman–Crippen LogP) is 4.14. The second-order valence-corrected chi connectivity index (χ2v) is 6.68. The van der Waals surface area contributed by atoms with Gasteiger partial charge in [-0.25, -0.2) is 4.79 Å². The van der Waals surface area contributed by atoms with Gasteiger partial charge in [-0.1, -0.05) is 18.2 Å². The number of nitrogens with one attached hydrogen (secondary N) is 1. The highest BCUT2D eigenvalue weighted by molar-refractivity contribution is 5.96. The van der Waals surface area contributed by atoms with Crippen molar-refractivity contribution in [2.45, 2.75) is 46.3 Å². The number of para-hydroxylation sites is 1. The van der Waals surface area contributed by atoms with Crippen LogP contribution in [-0.4, -0.2) is 29.2 Å². The molecule has 27 heavy (non-hydrogen) atoms. The predicted molar refractivity (Wildman–Crippen MR) is 104 cm³/mol. The number of rotatable bonds is 8. The lowest BCUT2D eigenvalue weighted by Crippen LogP contribution is -2.18. The smallest absolute Gasteiger partial charge is 0.335 e. The van der Waals surface area contributed by atoms with Crippen LogP contribution in [0, 0.1) is 0 Å². The van der Waals surface area contributed by atoms with E-state index in [9.17, 15) is 14.7 Å². The zero-order valence-electron chi connectivity index (χ0n) is 16.0. The van der Waals surface area contributed by atoms with E-state index in [2.05, 4.69) is 5.32 Å². The Balaban J connectivity index is 2.22. The summed E-state index contributed by atoms with van der Waals surface area (Å²) in [5.41, 5.74) is 1.16. The fraction of sp³-hybridized carbons (Fsp3) is 0.333. The molecular weight excluding hydrogens is 346 g/mol. The molecule has 1 amide bonds. The zero-order chi connectivity index (χ0) is 20.0. The summed E-state index contributed by atoms with van der Waals surface area (Å²) < 4.78 is 11.4. The summed E-state index contributed by atoms with van der Waals surface area (Å²) in [6, 6.07) is 11.7. The molecule has 144 valence electrons. The van der Waals surface area contributed by atoms with Crippen molar-refractivity contribution in [3.8, 4) is 11.5 Å². The largest absolute Gasteiger partial charge is 0.491 e. The van der Waals surface area contributed by atoms with Crippen molar-refractivity contribution in [1.82, 2.24) is 0 Å². The Bertz CT molecular complexity index is 814. The lowest BCUT2D eigenvalue weighted by Gasteiger charge is -2.17. The van der Waals surface area contributed by atoms with Crippen LogP contribution in [0.25, 0.3) is 0 Å². The number of ether oxygens (including phenoxy) is 2. The number of amides is 1. The van der Waals surface area contributed by atoms with Crippen molar-refractivity contribution in [2.75, 3.05) is 5.32 Å². The molecule has 6 heteroatoms.